The summed E-state index contributed by atoms with van der Waals surface area (Å²) in [5.41, 5.74) is 2.59. The molecule has 1 fully saturated rings. The summed E-state index contributed by atoms with van der Waals surface area (Å²) in [6.07, 6.45) is -0.626. The maximum atomic E-state index is 13.0. The third-order valence-electron chi connectivity index (χ3n) is 6.87. The number of aliphatic carboxylic acids is 1. The smallest absolute Gasteiger partial charge is 0.410 e. The summed E-state index contributed by atoms with van der Waals surface area (Å²) >= 11 is 0. The Hall–Kier alpha value is -3.55. The van der Waals surface area contributed by atoms with Crippen LogP contribution in [0.4, 0.5) is 9.59 Å². The van der Waals surface area contributed by atoms with Gasteiger partial charge in [0.15, 0.2) is 0 Å². The first-order chi connectivity index (χ1) is 17.0. The molecule has 0 spiro atoms. The highest BCUT2D eigenvalue weighted by molar-refractivity contribution is 5.79. The summed E-state index contributed by atoms with van der Waals surface area (Å²) in [6, 6.07) is 16.0. The van der Waals surface area contributed by atoms with Gasteiger partial charge < -0.3 is 24.8 Å². The van der Waals surface area contributed by atoms with Crippen LogP contribution in [0.5, 0.6) is 0 Å². The Kier molecular flexibility index (Phi) is 6.98. The maximum absolute atomic E-state index is 13.0. The molecule has 8 nitrogen and oxygen atoms in total. The molecule has 1 heterocycles. The second-order valence-corrected chi connectivity index (χ2v) is 10.8. The minimum atomic E-state index is -1.15. The predicted octanol–water partition coefficient (Wildman–Crippen LogP) is 5.16. The third kappa shape index (κ3) is 5.48. The van der Waals surface area contributed by atoms with Crippen molar-refractivity contribution >= 4 is 18.2 Å². The highest BCUT2D eigenvalue weighted by Crippen LogP contribution is 2.44. The van der Waals surface area contributed by atoms with E-state index in [9.17, 15) is 19.5 Å². The first-order valence-corrected chi connectivity index (χ1v) is 12.3. The van der Waals surface area contributed by atoms with Crippen molar-refractivity contribution in [3.8, 4) is 11.1 Å². The summed E-state index contributed by atoms with van der Waals surface area (Å²) in [5.74, 6) is -1.17. The number of nitrogens with zero attached hydrogens (tertiary/aromatic N) is 1. The van der Waals surface area contributed by atoms with Crippen LogP contribution in [-0.4, -0.2) is 58.5 Å². The van der Waals surface area contributed by atoms with Gasteiger partial charge in [0.2, 0.25) is 0 Å². The van der Waals surface area contributed by atoms with Crippen molar-refractivity contribution in [1.29, 1.82) is 0 Å². The lowest BCUT2D eigenvalue weighted by atomic mass is 9.83. The lowest BCUT2D eigenvalue weighted by Gasteiger charge is -2.45. The molecule has 1 saturated heterocycles. The number of carbonyl (C=O) groups excluding carboxylic acids is 2. The SMILES string of the molecule is CC1CCC(CC(=O)O)(NC(=O)OCC2c3ccccc3-c3ccccc32)CN1C(=O)OC(C)(C)C. The van der Waals surface area contributed by atoms with Gasteiger partial charge >= 0.3 is 18.2 Å². The van der Waals surface area contributed by atoms with Gasteiger partial charge in [-0.1, -0.05) is 48.5 Å². The Morgan fingerprint density at radius 2 is 1.64 bits per heavy atom. The van der Waals surface area contributed by atoms with Crippen molar-refractivity contribution in [2.24, 2.45) is 0 Å². The zero-order chi connectivity index (χ0) is 26.1. The van der Waals surface area contributed by atoms with Crippen LogP contribution in [0.25, 0.3) is 11.1 Å². The number of likely N-dealkylation sites (tertiary alicyclic amines) is 1. The topological polar surface area (TPSA) is 105 Å². The Morgan fingerprint density at radius 1 is 1.06 bits per heavy atom. The van der Waals surface area contributed by atoms with Crippen molar-refractivity contribution < 1.29 is 29.0 Å². The number of hydrogen-bond donors (Lipinski definition) is 2. The van der Waals surface area contributed by atoms with Crippen molar-refractivity contribution in [2.45, 2.75) is 70.1 Å². The molecule has 2 aromatic carbocycles. The average molecular weight is 495 g/mol. The highest BCUT2D eigenvalue weighted by Gasteiger charge is 2.44. The Bertz CT molecular complexity index is 1110. The van der Waals surface area contributed by atoms with Crippen LogP contribution < -0.4 is 5.32 Å². The first kappa shape index (κ1) is 25.5. The zero-order valence-corrected chi connectivity index (χ0v) is 21.2. The summed E-state index contributed by atoms with van der Waals surface area (Å²) < 4.78 is 11.2. The van der Waals surface area contributed by atoms with E-state index in [1.54, 1.807) is 20.8 Å². The molecule has 192 valence electrons. The van der Waals surface area contributed by atoms with Crippen LogP contribution in [0.1, 0.15) is 64.0 Å². The van der Waals surface area contributed by atoms with E-state index >= 15 is 0 Å². The minimum absolute atomic E-state index is 0.0274. The summed E-state index contributed by atoms with van der Waals surface area (Å²) in [6.45, 7) is 7.37. The average Bonchev–Trinajstić information content (AvgIpc) is 3.11. The molecule has 4 rings (SSSR count). The van der Waals surface area contributed by atoms with Gasteiger partial charge in [-0.25, -0.2) is 9.59 Å². The molecule has 0 aromatic heterocycles. The van der Waals surface area contributed by atoms with Crippen molar-refractivity contribution in [3.63, 3.8) is 0 Å². The van der Waals surface area contributed by atoms with Crippen LogP contribution in [0, 0.1) is 0 Å². The molecule has 2 unspecified atom stereocenters. The van der Waals surface area contributed by atoms with E-state index in [1.165, 1.54) is 4.90 Å². The van der Waals surface area contributed by atoms with Gasteiger partial charge in [-0.3, -0.25) is 4.79 Å². The molecule has 2 amide bonds. The molecule has 2 aliphatic rings. The summed E-state index contributed by atoms with van der Waals surface area (Å²) in [7, 11) is 0. The molecule has 0 saturated carbocycles. The molecule has 8 heteroatoms. The summed E-state index contributed by atoms with van der Waals surface area (Å²) in [5, 5.41) is 12.4. The normalized spacial score (nSPS) is 21.3. The van der Waals surface area contributed by atoms with Gasteiger partial charge in [0.25, 0.3) is 0 Å². The largest absolute Gasteiger partial charge is 0.481 e. The number of ether oxygens (including phenoxy) is 2. The molecule has 2 aromatic rings. The number of carboxylic acids is 1. The van der Waals surface area contributed by atoms with E-state index in [0.29, 0.717) is 12.8 Å². The number of amides is 2. The first-order valence-electron chi connectivity index (χ1n) is 12.3. The van der Waals surface area contributed by atoms with Gasteiger partial charge in [0, 0.05) is 18.5 Å². The van der Waals surface area contributed by atoms with Crippen LogP contribution in [0.2, 0.25) is 0 Å². The number of carbonyl (C=O) groups is 3. The number of fused-ring (bicyclic) bond motifs is 3. The van der Waals surface area contributed by atoms with Gasteiger partial charge in [-0.2, -0.15) is 0 Å². The van der Waals surface area contributed by atoms with Crippen molar-refractivity contribution in [2.75, 3.05) is 13.2 Å². The quantitative estimate of drug-likeness (QED) is 0.595. The zero-order valence-electron chi connectivity index (χ0n) is 21.2. The fourth-order valence-electron chi connectivity index (χ4n) is 5.20. The van der Waals surface area contributed by atoms with Gasteiger partial charge in [0.05, 0.1) is 12.0 Å². The van der Waals surface area contributed by atoms with Crippen LogP contribution in [0.3, 0.4) is 0 Å². The number of benzene rings is 2. The fourth-order valence-corrected chi connectivity index (χ4v) is 5.20. The predicted molar refractivity (Wildman–Crippen MR) is 135 cm³/mol. The summed E-state index contributed by atoms with van der Waals surface area (Å²) in [4.78, 5) is 39.1. The number of alkyl carbamates (subject to hydrolysis) is 1. The second-order valence-electron chi connectivity index (χ2n) is 10.8. The molecule has 0 bridgehead atoms. The standard InChI is InChI=1S/C28H34N2O6/c1-18-13-14-28(15-24(31)32,17-30(18)26(34)36-27(2,3)4)29-25(33)35-16-23-21-11-7-5-9-19(21)20-10-6-8-12-22(20)23/h5-12,18,23H,13-17H2,1-4H3,(H,29,33)(H,31,32). The monoisotopic (exact) mass is 494 g/mol. The third-order valence-corrected chi connectivity index (χ3v) is 6.87. The number of piperidine rings is 1. The lowest BCUT2D eigenvalue weighted by molar-refractivity contribution is -0.139. The highest BCUT2D eigenvalue weighted by atomic mass is 16.6. The van der Waals surface area contributed by atoms with Crippen molar-refractivity contribution in [1.82, 2.24) is 10.2 Å². The van der Waals surface area contributed by atoms with E-state index in [1.807, 2.05) is 43.3 Å². The van der Waals surface area contributed by atoms with Crippen LogP contribution >= 0.6 is 0 Å². The molecular formula is C28H34N2O6. The van der Waals surface area contributed by atoms with E-state index in [4.69, 9.17) is 9.47 Å². The molecule has 2 N–H and O–H groups in total. The number of carboxylic acid groups (broad SMARTS) is 1. The molecule has 1 aliphatic carbocycles. The second kappa shape index (κ2) is 9.84. The Morgan fingerprint density at radius 3 is 2.19 bits per heavy atom. The van der Waals surface area contributed by atoms with E-state index < -0.39 is 29.3 Å². The fraction of sp³-hybridized carbons (Fsp3) is 0.464. The molecule has 36 heavy (non-hydrogen) atoms. The number of rotatable bonds is 5. The van der Waals surface area contributed by atoms with Crippen molar-refractivity contribution in [3.05, 3.63) is 59.7 Å². The molecule has 2 atom stereocenters. The van der Waals surface area contributed by atoms with Gasteiger partial charge in [-0.15, -0.1) is 0 Å². The molecule has 0 radical (unpaired) electrons. The van der Waals surface area contributed by atoms with E-state index in [2.05, 4.69) is 17.4 Å². The molecular weight excluding hydrogens is 460 g/mol. The van der Waals surface area contributed by atoms with Crippen LogP contribution in [0.15, 0.2) is 48.5 Å². The van der Waals surface area contributed by atoms with Gasteiger partial charge in [0.1, 0.15) is 12.2 Å². The van der Waals surface area contributed by atoms with E-state index in [0.717, 1.165) is 22.3 Å². The molecule has 1 aliphatic heterocycles. The minimum Gasteiger partial charge on any atom is -0.481 e. The number of nitrogens with one attached hydrogen (secondary N) is 1. The Labute approximate surface area is 211 Å². The van der Waals surface area contributed by atoms with Gasteiger partial charge in [-0.05, 0) is 62.8 Å². The maximum Gasteiger partial charge on any atom is 0.410 e. The number of hydrogen-bond acceptors (Lipinski definition) is 5. The van der Waals surface area contributed by atoms with E-state index in [-0.39, 0.29) is 31.5 Å². The lowest BCUT2D eigenvalue weighted by Crippen LogP contribution is -2.63. The van der Waals surface area contributed by atoms with Crippen LogP contribution in [-0.2, 0) is 14.3 Å². The Balaban J connectivity index is 1.48.